The van der Waals surface area contributed by atoms with E-state index >= 15 is 0 Å². The lowest BCUT2D eigenvalue weighted by Crippen LogP contribution is -2.20. The minimum absolute atomic E-state index is 0.00825. The summed E-state index contributed by atoms with van der Waals surface area (Å²) in [5.74, 6) is 0.490. The smallest absolute Gasteiger partial charge is 0.269 e. The van der Waals surface area contributed by atoms with Gasteiger partial charge < -0.3 is 0 Å². The highest BCUT2D eigenvalue weighted by Gasteiger charge is 2.14. The summed E-state index contributed by atoms with van der Waals surface area (Å²) in [4.78, 5) is 22.3. The number of hydrogen-bond acceptors (Lipinski definition) is 7. The van der Waals surface area contributed by atoms with Crippen LogP contribution in [0, 0.1) is 10.1 Å². The van der Waals surface area contributed by atoms with Crippen molar-refractivity contribution in [2.45, 2.75) is 11.7 Å². The molecule has 1 aromatic heterocycles. The van der Waals surface area contributed by atoms with E-state index < -0.39 is 4.92 Å². The molecule has 1 amide bonds. The van der Waals surface area contributed by atoms with Crippen molar-refractivity contribution in [3.63, 3.8) is 0 Å². The summed E-state index contributed by atoms with van der Waals surface area (Å²) in [5, 5.41) is 23.5. The van der Waals surface area contributed by atoms with Crippen LogP contribution in [0.4, 0.5) is 5.69 Å². The number of nitro groups is 1. The van der Waals surface area contributed by atoms with Crippen LogP contribution >= 0.6 is 11.8 Å². The second-order valence-electron chi connectivity index (χ2n) is 6.00. The van der Waals surface area contributed by atoms with Crippen LogP contribution in [0.2, 0.25) is 0 Å². The molecule has 10 heteroatoms. The Morgan fingerprint density at radius 3 is 2.60 bits per heavy atom. The van der Waals surface area contributed by atoms with Gasteiger partial charge in [-0.05, 0) is 17.7 Å². The molecule has 0 saturated heterocycles. The number of aromatic nitrogens is 3. The van der Waals surface area contributed by atoms with E-state index in [9.17, 15) is 14.9 Å². The third kappa shape index (κ3) is 5.39. The van der Waals surface area contributed by atoms with Crippen molar-refractivity contribution >= 4 is 29.6 Å². The number of nitrogens with one attached hydrogen (secondary N) is 1. The SMILES string of the molecule is C=CCn1c(SCC(=O)N/N=C/c2ccc([N+](=O)[O-])cc2)nnc1-c1ccccc1. The van der Waals surface area contributed by atoms with Crippen LogP contribution in [0.15, 0.2) is 77.5 Å². The summed E-state index contributed by atoms with van der Waals surface area (Å²) >= 11 is 1.24. The van der Waals surface area contributed by atoms with Gasteiger partial charge in [0.05, 0.1) is 16.9 Å². The maximum Gasteiger partial charge on any atom is 0.269 e. The molecule has 9 nitrogen and oxygen atoms in total. The number of carbonyl (C=O) groups is 1. The molecular formula is C20H18N6O3S. The maximum atomic E-state index is 12.1. The Hall–Kier alpha value is -3.79. The number of hydrogen-bond donors (Lipinski definition) is 1. The van der Waals surface area contributed by atoms with Gasteiger partial charge in [0.1, 0.15) is 0 Å². The van der Waals surface area contributed by atoms with E-state index in [4.69, 9.17) is 0 Å². The lowest BCUT2D eigenvalue weighted by Gasteiger charge is -2.07. The Bertz CT molecular complexity index is 1060. The van der Waals surface area contributed by atoms with Crippen molar-refractivity contribution in [2.24, 2.45) is 5.10 Å². The fraction of sp³-hybridized carbons (Fsp3) is 0.100. The van der Waals surface area contributed by atoms with Gasteiger partial charge in [-0.3, -0.25) is 19.5 Å². The maximum absolute atomic E-state index is 12.1. The minimum atomic E-state index is -0.478. The summed E-state index contributed by atoms with van der Waals surface area (Å²) < 4.78 is 1.89. The zero-order valence-corrected chi connectivity index (χ0v) is 16.7. The number of benzene rings is 2. The number of nitro benzene ring substituents is 1. The number of allylic oxidation sites excluding steroid dienone is 1. The van der Waals surface area contributed by atoms with Crippen molar-refractivity contribution in [1.82, 2.24) is 20.2 Å². The van der Waals surface area contributed by atoms with Crippen LogP contribution < -0.4 is 5.43 Å². The molecule has 0 aliphatic rings. The third-order valence-electron chi connectivity index (χ3n) is 3.90. The first-order valence-electron chi connectivity index (χ1n) is 8.87. The zero-order chi connectivity index (χ0) is 21.3. The van der Waals surface area contributed by atoms with Crippen molar-refractivity contribution < 1.29 is 9.72 Å². The summed E-state index contributed by atoms with van der Waals surface area (Å²) in [7, 11) is 0. The molecule has 0 aliphatic heterocycles. The second kappa shape index (κ2) is 10.1. The standard InChI is InChI=1S/C20H18N6O3S/c1-2-12-25-19(16-6-4-3-5-7-16)23-24-20(25)30-14-18(27)22-21-13-15-8-10-17(11-9-15)26(28)29/h2-11,13H,1,12,14H2,(H,22,27)/b21-13+. The minimum Gasteiger partial charge on any atom is -0.298 e. The Morgan fingerprint density at radius 2 is 1.93 bits per heavy atom. The van der Waals surface area contributed by atoms with Gasteiger partial charge in [0.15, 0.2) is 11.0 Å². The highest BCUT2D eigenvalue weighted by Crippen LogP contribution is 2.23. The highest BCUT2D eigenvalue weighted by atomic mass is 32.2. The topological polar surface area (TPSA) is 115 Å². The normalized spacial score (nSPS) is 10.8. The van der Waals surface area contributed by atoms with Crippen molar-refractivity contribution in [3.8, 4) is 11.4 Å². The molecular weight excluding hydrogens is 404 g/mol. The molecule has 3 aromatic rings. The Morgan fingerprint density at radius 1 is 1.20 bits per heavy atom. The van der Waals surface area contributed by atoms with Gasteiger partial charge >= 0.3 is 0 Å². The molecule has 0 atom stereocenters. The van der Waals surface area contributed by atoms with Crippen LogP contribution in [0.3, 0.4) is 0 Å². The van der Waals surface area contributed by atoms with Crippen LogP contribution in [-0.2, 0) is 11.3 Å². The molecule has 0 bridgehead atoms. The van der Waals surface area contributed by atoms with E-state index in [2.05, 4.69) is 27.3 Å². The Balaban J connectivity index is 1.58. The highest BCUT2D eigenvalue weighted by molar-refractivity contribution is 7.99. The number of thioether (sulfide) groups is 1. The molecule has 3 rings (SSSR count). The average Bonchev–Trinajstić information content (AvgIpc) is 3.16. The third-order valence-corrected chi connectivity index (χ3v) is 4.87. The molecule has 1 N–H and O–H groups in total. The van der Waals surface area contributed by atoms with Gasteiger partial charge in [-0.2, -0.15) is 5.10 Å². The predicted octanol–water partition coefficient (Wildman–Crippen LogP) is 3.28. The fourth-order valence-electron chi connectivity index (χ4n) is 2.51. The molecule has 1 heterocycles. The molecule has 0 fully saturated rings. The molecule has 0 spiro atoms. The van der Waals surface area contributed by atoms with Crippen LogP contribution in [-0.4, -0.2) is 37.6 Å². The van der Waals surface area contributed by atoms with Crippen LogP contribution in [0.25, 0.3) is 11.4 Å². The Kier molecular flexibility index (Phi) is 7.06. The monoisotopic (exact) mass is 422 g/mol. The zero-order valence-electron chi connectivity index (χ0n) is 15.8. The van der Waals surface area contributed by atoms with Crippen molar-refractivity contribution in [2.75, 3.05) is 5.75 Å². The van der Waals surface area contributed by atoms with Crippen molar-refractivity contribution in [1.29, 1.82) is 0 Å². The molecule has 0 aliphatic carbocycles. The van der Waals surface area contributed by atoms with Gasteiger partial charge in [0.25, 0.3) is 11.6 Å². The van der Waals surface area contributed by atoms with E-state index in [1.807, 2.05) is 34.9 Å². The first kappa shape index (κ1) is 20.9. The van der Waals surface area contributed by atoms with Crippen molar-refractivity contribution in [3.05, 3.63) is 82.9 Å². The number of carbonyl (C=O) groups excluding carboxylic acids is 1. The number of nitrogens with zero attached hydrogens (tertiary/aromatic N) is 5. The van der Waals surface area contributed by atoms with Crippen LogP contribution in [0.5, 0.6) is 0 Å². The molecule has 152 valence electrons. The molecule has 0 radical (unpaired) electrons. The molecule has 0 unspecified atom stereocenters. The van der Waals surface area contributed by atoms with E-state index in [1.54, 1.807) is 18.2 Å². The van der Waals surface area contributed by atoms with Gasteiger partial charge in [-0.15, -0.1) is 16.8 Å². The number of non-ortho nitro benzene ring substituents is 1. The average molecular weight is 422 g/mol. The van der Waals surface area contributed by atoms with Gasteiger partial charge in [-0.25, -0.2) is 5.43 Å². The number of hydrazone groups is 1. The number of rotatable bonds is 9. The predicted molar refractivity (Wildman–Crippen MR) is 115 cm³/mol. The van der Waals surface area contributed by atoms with E-state index in [0.29, 0.717) is 23.1 Å². The lowest BCUT2D eigenvalue weighted by atomic mass is 10.2. The molecule has 30 heavy (non-hydrogen) atoms. The summed E-state index contributed by atoms with van der Waals surface area (Å²) in [6.07, 6.45) is 3.16. The summed E-state index contributed by atoms with van der Waals surface area (Å²) in [6.45, 7) is 4.28. The Labute approximate surface area is 176 Å². The van der Waals surface area contributed by atoms with E-state index in [-0.39, 0.29) is 17.3 Å². The quantitative estimate of drug-likeness (QED) is 0.186. The van der Waals surface area contributed by atoms with E-state index in [0.717, 1.165) is 5.56 Å². The summed E-state index contributed by atoms with van der Waals surface area (Å²) in [6, 6.07) is 15.5. The first-order chi connectivity index (χ1) is 14.6. The fourth-order valence-corrected chi connectivity index (χ4v) is 3.25. The van der Waals surface area contributed by atoms with Gasteiger partial charge in [0.2, 0.25) is 0 Å². The van der Waals surface area contributed by atoms with Gasteiger partial charge in [-0.1, -0.05) is 48.2 Å². The van der Waals surface area contributed by atoms with E-state index in [1.165, 1.54) is 30.1 Å². The largest absolute Gasteiger partial charge is 0.298 e. The molecule has 2 aromatic carbocycles. The molecule has 0 saturated carbocycles. The number of amides is 1. The van der Waals surface area contributed by atoms with Gasteiger partial charge in [0, 0.05) is 24.2 Å². The first-order valence-corrected chi connectivity index (χ1v) is 9.85. The summed E-state index contributed by atoms with van der Waals surface area (Å²) in [5.41, 5.74) is 3.98. The lowest BCUT2D eigenvalue weighted by molar-refractivity contribution is -0.384. The van der Waals surface area contributed by atoms with Crippen LogP contribution in [0.1, 0.15) is 5.56 Å². The second-order valence-corrected chi connectivity index (χ2v) is 6.94.